The van der Waals surface area contributed by atoms with Crippen LogP contribution in [0.25, 0.3) is 10.1 Å². The van der Waals surface area contributed by atoms with Gasteiger partial charge in [-0.3, -0.25) is 34.6 Å². The number of hydrazine groups is 1. The maximum atomic E-state index is 13.9. The van der Waals surface area contributed by atoms with Crippen LogP contribution in [0.1, 0.15) is 48.9 Å². The number of hydrogen-bond donors (Lipinski definition) is 1. The van der Waals surface area contributed by atoms with Crippen LogP contribution in [0.5, 0.6) is 5.75 Å². The molecule has 40 heavy (non-hydrogen) atoms. The van der Waals surface area contributed by atoms with Gasteiger partial charge in [0.1, 0.15) is 16.2 Å². The number of amides is 4. The highest BCUT2D eigenvalue weighted by Gasteiger charge is 2.60. The summed E-state index contributed by atoms with van der Waals surface area (Å²) >= 11 is 1.29. The van der Waals surface area contributed by atoms with E-state index in [9.17, 15) is 19.2 Å². The van der Waals surface area contributed by atoms with Gasteiger partial charge in [-0.1, -0.05) is 12.1 Å². The molecule has 4 fully saturated rings. The van der Waals surface area contributed by atoms with E-state index in [2.05, 4.69) is 10.2 Å². The largest absolute Gasteiger partial charge is 0.495 e. The van der Waals surface area contributed by atoms with Crippen molar-refractivity contribution in [3.63, 3.8) is 0 Å². The molecular formula is C28H35N5O6S. The number of likely N-dealkylation sites (tertiary alicyclic amines) is 2. The van der Waals surface area contributed by atoms with Crippen molar-refractivity contribution in [2.24, 2.45) is 5.41 Å². The Balaban J connectivity index is 1.18. The molecule has 4 saturated heterocycles. The predicted octanol–water partition coefficient (Wildman–Crippen LogP) is 3.15. The Morgan fingerprint density at radius 1 is 0.975 bits per heavy atom. The molecule has 1 spiro atoms. The average molecular weight is 570 g/mol. The molecule has 1 aromatic heterocycles. The minimum atomic E-state index is -0.960. The molecule has 0 radical (unpaired) electrons. The minimum Gasteiger partial charge on any atom is -0.495 e. The summed E-state index contributed by atoms with van der Waals surface area (Å²) in [6, 6.07) is 5.72. The molecule has 5 heterocycles. The zero-order valence-corrected chi connectivity index (χ0v) is 23.8. The van der Waals surface area contributed by atoms with E-state index in [1.807, 2.05) is 23.1 Å². The maximum absolute atomic E-state index is 13.9. The summed E-state index contributed by atoms with van der Waals surface area (Å²) in [5.74, 6) is 0.431. The monoisotopic (exact) mass is 569 g/mol. The SMILES string of the molecule is COC(=O)Nc1sc2c(OC)cccc2c1C(=O)N1CCC(N2CCCC3(C2)C(=O)N2CCCCN2C3=O)CC1. The van der Waals surface area contributed by atoms with E-state index in [-0.39, 0.29) is 23.8 Å². The van der Waals surface area contributed by atoms with Gasteiger partial charge in [-0.15, -0.1) is 11.3 Å². The van der Waals surface area contributed by atoms with Crippen LogP contribution in [0.15, 0.2) is 18.2 Å². The molecule has 0 bridgehead atoms. The molecule has 11 nitrogen and oxygen atoms in total. The predicted molar refractivity (Wildman–Crippen MR) is 149 cm³/mol. The Bertz CT molecular complexity index is 1330. The Labute approximate surface area is 236 Å². The van der Waals surface area contributed by atoms with E-state index in [0.29, 0.717) is 55.5 Å². The molecule has 4 aliphatic heterocycles. The molecule has 0 saturated carbocycles. The van der Waals surface area contributed by atoms with Crippen molar-refractivity contribution in [2.75, 3.05) is 58.8 Å². The fraction of sp³-hybridized carbons (Fsp3) is 0.571. The number of anilines is 1. The van der Waals surface area contributed by atoms with Crippen LogP contribution in [0, 0.1) is 5.41 Å². The van der Waals surface area contributed by atoms with Crippen molar-refractivity contribution in [1.82, 2.24) is 19.8 Å². The first-order valence-corrected chi connectivity index (χ1v) is 14.8. The molecular weight excluding hydrogens is 534 g/mol. The van der Waals surface area contributed by atoms with Crippen LogP contribution >= 0.6 is 11.3 Å². The van der Waals surface area contributed by atoms with Gasteiger partial charge in [0.25, 0.3) is 17.7 Å². The summed E-state index contributed by atoms with van der Waals surface area (Å²) in [7, 11) is 2.86. The number of carbonyl (C=O) groups excluding carboxylic acids is 4. The fourth-order valence-corrected chi connectivity index (χ4v) is 7.98. The highest BCUT2D eigenvalue weighted by molar-refractivity contribution is 7.23. The van der Waals surface area contributed by atoms with Crippen molar-refractivity contribution < 1.29 is 28.7 Å². The van der Waals surface area contributed by atoms with Crippen LogP contribution in [0.4, 0.5) is 9.80 Å². The minimum absolute atomic E-state index is 0.0279. The van der Waals surface area contributed by atoms with Crippen molar-refractivity contribution in [3.05, 3.63) is 23.8 Å². The van der Waals surface area contributed by atoms with E-state index in [0.717, 1.165) is 48.7 Å². The number of ether oxygens (including phenoxy) is 2. The number of benzene rings is 1. The van der Waals surface area contributed by atoms with Crippen LogP contribution in [-0.2, 0) is 14.3 Å². The molecule has 0 atom stereocenters. The van der Waals surface area contributed by atoms with Crippen LogP contribution < -0.4 is 10.1 Å². The Hall–Kier alpha value is -3.38. The maximum Gasteiger partial charge on any atom is 0.411 e. The second-order valence-electron chi connectivity index (χ2n) is 11.0. The molecule has 0 unspecified atom stereocenters. The first-order valence-electron chi connectivity index (χ1n) is 14.0. The Morgan fingerprint density at radius 3 is 2.33 bits per heavy atom. The Morgan fingerprint density at radius 2 is 1.68 bits per heavy atom. The molecule has 1 aromatic carbocycles. The van der Waals surface area contributed by atoms with Crippen LogP contribution in [0.3, 0.4) is 0 Å². The number of carbonyl (C=O) groups is 4. The molecule has 6 rings (SSSR count). The molecule has 1 N–H and O–H groups in total. The Kier molecular flexibility index (Phi) is 7.07. The van der Waals surface area contributed by atoms with Gasteiger partial charge in [-0.05, 0) is 51.1 Å². The number of rotatable bonds is 4. The van der Waals surface area contributed by atoms with Crippen molar-refractivity contribution in [2.45, 2.75) is 44.6 Å². The lowest BCUT2D eigenvalue weighted by Gasteiger charge is -2.44. The van der Waals surface area contributed by atoms with Crippen LogP contribution in [0.2, 0.25) is 0 Å². The van der Waals surface area contributed by atoms with Gasteiger partial charge in [-0.2, -0.15) is 0 Å². The van der Waals surface area contributed by atoms with Gasteiger partial charge in [0.2, 0.25) is 0 Å². The van der Waals surface area contributed by atoms with E-state index < -0.39 is 11.5 Å². The summed E-state index contributed by atoms with van der Waals surface area (Å²) in [6.07, 6.45) is 4.15. The highest BCUT2D eigenvalue weighted by atomic mass is 32.1. The topological polar surface area (TPSA) is 112 Å². The normalized spacial score (nSPS) is 21.7. The molecule has 0 aliphatic carbocycles. The van der Waals surface area contributed by atoms with Gasteiger partial charge in [0, 0.05) is 44.2 Å². The van der Waals surface area contributed by atoms with Gasteiger partial charge in [0.15, 0.2) is 0 Å². The smallest absolute Gasteiger partial charge is 0.411 e. The van der Waals surface area contributed by atoms with E-state index in [4.69, 9.17) is 9.47 Å². The number of piperidine rings is 2. The summed E-state index contributed by atoms with van der Waals surface area (Å²) in [5, 5.41) is 7.25. The fourth-order valence-electron chi connectivity index (χ4n) is 6.81. The summed E-state index contributed by atoms with van der Waals surface area (Å²) in [6.45, 7) is 3.66. The van der Waals surface area contributed by atoms with E-state index in [1.54, 1.807) is 17.1 Å². The second-order valence-corrected chi connectivity index (χ2v) is 12.0. The number of thiophene rings is 1. The first kappa shape index (κ1) is 26.8. The van der Waals surface area contributed by atoms with E-state index in [1.165, 1.54) is 18.4 Å². The molecule has 4 aliphatic rings. The second kappa shape index (κ2) is 10.5. The number of methoxy groups -OCH3 is 2. The van der Waals surface area contributed by atoms with Crippen LogP contribution in [-0.4, -0.2) is 103 Å². The molecule has 12 heteroatoms. The summed E-state index contributed by atoms with van der Waals surface area (Å²) in [4.78, 5) is 57.0. The summed E-state index contributed by atoms with van der Waals surface area (Å²) < 4.78 is 11.1. The van der Waals surface area contributed by atoms with Crippen molar-refractivity contribution in [3.8, 4) is 5.75 Å². The standard InChI is InChI=1S/C28H35N5O6S/c1-38-20-8-5-7-19-21(23(40-22(19)20)29-27(37)39-2)24(34)30-15-9-18(10-16-30)31-12-6-11-28(17-31)25(35)32-13-3-4-14-33(32)26(28)36/h5,7-8,18H,3-4,6,9-17H2,1-2H3,(H,29,37). The third kappa shape index (κ3) is 4.28. The first-order chi connectivity index (χ1) is 19.4. The average Bonchev–Trinajstić information content (AvgIpc) is 3.45. The van der Waals surface area contributed by atoms with E-state index >= 15 is 0 Å². The lowest BCUT2D eigenvalue weighted by Crippen LogP contribution is -2.56. The van der Waals surface area contributed by atoms with Gasteiger partial charge < -0.3 is 14.4 Å². The molecule has 2 aromatic rings. The van der Waals surface area contributed by atoms with Gasteiger partial charge >= 0.3 is 6.09 Å². The molecule has 214 valence electrons. The third-order valence-electron chi connectivity index (χ3n) is 8.87. The van der Waals surface area contributed by atoms with Gasteiger partial charge in [-0.25, -0.2) is 4.79 Å². The lowest BCUT2D eigenvalue weighted by molar-refractivity contribution is -0.150. The molecule has 4 amide bonds. The van der Waals surface area contributed by atoms with Gasteiger partial charge in [0.05, 0.1) is 24.5 Å². The highest BCUT2D eigenvalue weighted by Crippen LogP contribution is 2.44. The third-order valence-corrected chi connectivity index (χ3v) is 10.0. The zero-order valence-electron chi connectivity index (χ0n) is 22.9. The summed E-state index contributed by atoms with van der Waals surface area (Å²) in [5.41, 5.74) is -0.522. The number of fused-ring (bicyclic) bond motifs is 2. The lowest BCUT2D eigenvalue weighted by atomic mass is 9.78. The zero-order chi connectivity index (χ0) is 28.0. The quantitative estimate of drug-likeness (QED) is 0.563. The number of hydrogen-bond acceptors (Lipinski definition) is 8. The number of nitrogens with one attached hydrogen (secondary N) is 1. The van der Waals surface area contributed by atoms with Crippen molar-refractivity contribution in [1.29, 1.82) is 0 Å². The van der Waals surface area contributed by atoms with Crippen molar-refractivity contribution >= 4 is 50.2 Å². The number of nitrogens with zero attached hydrogens (tertiary/aromatic N) is 4.